The van der Waals surface area contributed by atoms with E-state index in [2.05, 4.69) is 15.4 Å². The molecular formula is C16H22N2O6. The van der Waals surface area contributed by atoms with Gasteiger partial charge in [-0.25, -0.2) is 9.59 Å². The Kier molecular flexibility index (Phi) is 6.58. The molecule has 2 amide bonds. The maximum Gasteiger partial charge on any atom is 0.408 e. The standard InChI is InChI=1S/C16H22N2O6/c1-16(2,3)24-15(22)17-9-12(20)18-13(14(21)23-4)10-5-7-11(19)8-6-10/h5-8,13,19H,9H2,1-4H3,(H,17,22)(H,18,20)/t13-/m1/s1. The summed E-state index contributed by atoms with van der Waals surface area (Å²) >= 11 is 0. The SMILES string of the molecule is COC(=O)[C@H](NC(=O)CNC(=O)OC(C)(C)C)c1ccc(O)cc1. The molecule has 0 aromatic heterocycles. The Balaban J connectivity index is 2.67. The normalized spacial score (nSPS) is 12.0. The second kappa shape index (κ2) is 8.19. The lowest BCUT2D eigenvalue weighted by Gasteiger charge is -2.20. The first-order chi connectivity index (χ1) is 11.1. The number of hydrogen-bond acceptors (Lipinski definition) is 6. The van der Waals surface area contributed by atoms with E-state index in [1.807, 2.05) is 0 Å². The van der Waals surface area contributed by atoms with Crippen molar-refractivity contribution in [3.8, 4) is 5.75 Å². The summed E-state index contributed by atoms with van der Waals surface area (Å²) in [5, 5.41) is 14.0. The van der Waals surface area contributed by atoms with Crippen molar-refractivity contribution in [2.75, 3.05) is 13.7 Å². The number of aromatic hydroxyl groups is 1. The minimum absolute atomic E-state index is 0.0280. The molecule has 24 heavy (non-hydrogen) atoms. The van der Waals surface area contributed by atoms with Gasteiger partial charge in [0, 0.05) is 0 Å². The maximum atomic E-state index is 11.9. The molecule has 0 radical (unpaired) electrons. The first-order valence-corrected chi connectivity index (χ1v) is 7.25. The van der Waals surface area contributed by atoms with Gasteiger partial charge in [0.25, 0.3) is 0 Å². The second-order valence-corrected chi connectivity index (χ2v) is 5.97. The van der Waals surface area contributed by atoms with Crippen LogP contribution in [0.1, 0.15) is 32.4 Å². The lowest BCUT2D eigenvalue weighted by molar-refractivity contribution is -0.145. The van der Waals surface area contributed by atoms with Crippen LogP contribution in [0, 0.1) is 0 Å². The van der Waals surface area contributed by atoms with Crippen molar-refractivity contribution in [2.24, 2.45) is 0 Å². The van der Waals surface area contributed by atoms with Gasteiger partial charge in [0.1, 0.15) is 17.9 Å². The number of methoxy groups -OCH3 is 1. The number of esters is 1. The van der Waals surface area contributed by atoms with Crippen LogP contribution in [0.25, 0.3) is 0 Å². The number of carbonyl (C=O) groups excluding carboxylic acids is 3. The highest BCUT2D eigenvalue weighted by Crippen LogP contribution is 2.18. The zero-order chi connectivity index (χ0) is 18.3. The van der Waals surface area contributed by atoms with E-state index in [1.165, 1.54) is 31.4 Å². The molecule has 1 aromatic carbocycles. The average Bonchev–Trinajstić information content (AvgIpc) is 2.49. The number of alkyl carbamates (subject to hydrolysis) is 1. The van der Waals surface area contributed by atoms with Crippen molar-refractivity contribution in [3.05, 3.63) is 29.8 Å². The number of nitrogens with one attached hydrogen (secondary N) is 2. The van der Waals surface area contributed by atoms with E-state index in [-0.39, 0.29) is 12.3 Å². The Morgan fingerprint density at radius 1 is 1.17 bits per heavy atom. The Morgan fingerprint density at radius 3 is 2.25 bits per heavy atom. The lowest BCUT2D eigenvalue weighted by atomic mass is 10.1. The first-order valence-electron chi connectivity index (χ1n) is 7.25. The average molecular weight is 338 g/mol. The number of carbonyl (C=O) groups is 3. The summed E-state index contributed by atoms with van der Waals surface area (Å²) in [7, 11) is 1.20. The summed E-state index contributed by atoms with van der Waals surface area (Å²) in [6, 6.07) is 4.69. The number of rotatable bonds is 5. The molecule has 0 bridgehead atoms. The highest BCUT2D eigenvalue weighted by molar-refractivity contribution is 5.88. The number of benzene rings is 1. The Hall–Kier alpha value is -2.77. The maximum absolute atomic E-state index is 11.9. The summed E-state index contributed by atoms with van der Waals surface area (Å²) in [5.74, 6) is -1.24. The summed E-state index contributed by atoms with van der Waals surface area (Å²) < 4.78 is 9.67. The molecule has 0 heterocycles. The van der Waals surface area contributed by atoms with Crippen LogP contribution in [0.3, 0.4) is 0 Å². The molecular weight excluding hydrogens is 316 g/mol. The van der Waals surface area contributed by atoms with Gasteiger partial charge in [-0.05, 0) is 38.5 Å². The molecule has 0 fully saturated rings. The van der Waals surface area contributed by atoms with Gasteiger partial charge in [-0.2, -0.15) is 0 Å². The second-order valence-electron chi connectivity index (χ2n) is 5.97. The van der Waals surface area contributed by atoms with E-state index in [0.29, 0.717) is 5.56 Å². The van der Waals surface area contributed by atoms with E-state index < -0.39 is 29.6 Å². The van der Waals surface area contributed by atoms with Crippen LogP contribution in [0.4, 0.5) is 4.79 Å². The molecule has 0 aliphatic carbocycles. The third-order valence-corrected chi connectivity index (χ3v) is 2.76. The molecule has 1 rings (SSSR count). The number of hydrogen-bond donors (Lipinski definition) is 3. The minimum atomic E-state index is -1.05. The Bertz CT molecular complexity index is 592. The molecule has 8 heteroatoms. The van der Waals surface area contributed by atoms with Gasteiger partial charge in [-0.3, -0.25) is 4.79 Å². The van der Waals surface area contributed by atoms with Crippen molar-refractivity contribution < 1.29 is 29.0 Å². The third kappa shape index (κ3) is 6.55. The predicted octanol–water partition coefficient (Wildman–Crippen LogP) is 1.25. The third-order valence-electron chi connectivity index (χ3n) is 2.76. The molecule has 0 spiro atoms. The molecule has 0 saturated heterocycles. The Labute approximate surface area is 140 Å². The molecule has 0 aliphatic heterocycles. The summed E-state index contributed by atoms with van der Waals surface area (Å²) in [4.78, 5) is 35.3. The fraction of sp³-hybridized carbons (Fsp3) is 0.438. The van der Waals surface area contributed by atoms with Gasteiger partial charge in [0.05, 0.1) is 7.11 Å². The van der Waals surface area contributed by atoms with Crippen molar-refractivity contribution in [1.29, 1.82) is 0 Å². The molecule has 132 valence electrons. The smallest absolute Gasteiger partial charge is 0.408 e. The molecule has 1 aromatic rings. The van der Waals surface area contributed by atoms with Crippen LogP contribution in [0.15, 0.2) is 24.3 Å². The van der Waals surface area contributed by atoms with Crippen molar-refractivity contribution in [3.63, 3.8) is 0 Å². The molecule has 1 atom stereocenters. The van der Waals surface area contributed by atoms with E-state index in [1.54, 1.807) is 20.8 Å². The fourth-order valence-corrected chi connectivity index (χ4v) is 1.74. The monoisotopic (exact) mass is 338 g/mol. The van der Waals surface area contributed by atoms with Crippen LogP contribution in [0.5, 0.6) is 5.75 Å². The van der Waals surface area contributed by atoms with Gasteiger partial charge in [0.15, 0.2) is 6.04 Å². The van der Waals surface area contributed by atoms with E-state index >= 15 is 0 Å². The number of ether oxygens (including phenoxy) is 2. The first kappa shape index (κ1) is 19.3. The fourth-order valence-electron chi connectivity index (χ4n) is 1.74. The van der Waals surface area contributed by atoms with Gasteiger partial charge < -0.3 is 25.2 Å². The van der Waals surface area contributed by atoms with Crippen LogP contribution < -0.4 is 10.6 Å². The van der Waals surface area contributed by atoms with Gasteiger partial charge in [0.2, 0.25) is 5.91 Å². The number of phenols is 1. The highest BCUT2D eigenvalue weighted by Gasteiger charge is 2.24. The van der Waals surface area contributed by atoms with Crippen LogP contribution in [-0.2, 0) is 19.1 Å². The zero-order valence-corrected chi connectivity index (χ0v) is 14.1. The summed E-state index contributed by atoms with van der Waals surface area (Å²) in [6.07, 6.45) is -0.739. The number of amides is 2. The van der Waals surface area contributed by atoms with E-state index in [4.69, 9.17) is 4.74 Å². The largest absolute Gasteiger partial charge is 0.508 e. The molecule has 0 saturated carbocycles. The van der Waals surface area contributed by atoms with Crippen LogP contribution in [-0.4, -0.2) is 42.3 Å². The quantitative estimate of drug-likeness (QED) is 0.696. The highest BCUT2D eigenvalue weighted by atomic mass is 16.6. The summed E-state index contributed by atoms with van der Waals surface area (Å²) in [5.41, 5.74) is -0.244. The minimum Gasteiger partial charge on any atom is -0.508 e. The molecule has 3 N–H and O–H groups in total. The van der Waals surface area contributed by atoms with Crippen LogP contribution in [0.2, 0.25) is 0 Å². The molecule has 8 nitrogen and oxygen atoms in total. The predicted molar refractivity (Wildman–Crippen MR) is 85.2 cm³/mol. The van der Waals surface area contributed by atoms with Crippen LogP contribution >= 0.6 is 0 Å². The molecule has 0 aliphatic rings. The van der Waals surface area contributed by atoms with Crippen molar-refractivity contribution in [1.82, 2.24) is 10.6 Å². The van der Waals surface area contributed by atoms with E-state index in [0.717, 1.165) is 0 Å². The van der Waals surface area contributed by atoms with Crippen molar-refractivity contribution in [2.45, 2.75) is 32.4 Å². The topological polar surface area (TPSA) is 114 Å². The molecule has 0 unspecified atom stereocenters. The Morgan fingerprint density at radius 2 is 1.75 bits per heavy atom. The summed E-state index contributed by atoms with van der Waals surface area (Å²) in [6.45, 7) is 4.74. The zero-order valence-electron chi connectivity index (χ0n) is 14.1. The van der Waals surface area contributed by atoms with Gasteiger partial charge >= 0.3 is 12.1 Å². The van der Waals surface area contributed by atoms with Crippen molar-refractivity contribution >= 4 is 18.0 Å². The van der Waals surface area contributed by atoms with E-state index in [9.17, 15) is 19.5 Å². The van der Waals surface area contributed by atoms with Gasteiger partial charge in [-0.15, -0.1) is 0 Å². The lowest BCUT2D eigenvalue weighted by Crippen LogP contribution is -2.42. The van der Waals surface area contributed by atoms with Gasteiger partial charge in [-0.1, -0.05) is 12.1 Å². The number of phenolic OH excluding ortho intramolecular Hbond substituents is 1.